The third-order valence-corrected chi connectivity index (χ3v) is 5.67. The molecule has 0 radical (unpaired) electrons. The quantitative estimate of drug-likeness (QED) is 0.848. The van der Waals surface area contributed by atoms with E-state index >= 15 is 0 Å². The molecule has 1 heterocycles. The monoisotopic (exact) mass is 324 g/mol. The Hall–Kier alpha value is -0.770. The molecule has 4 heteroatoms. The number of amides is 1. The second-order valence-corrected chi connectivity index (χ2v) is 8.41. The smallest absolute Gasteiger partial charge is 0.410 e. The second-order valence-electron chi connectivity index (χ2n) is 8.41. The number of rotatable bonds is 4. The zero-order chi connectivity index (χ0) is 17.0. The minimum atomic E-state index is -0.408. The predicted molar refractivity (Wildman–Crippen MR) is 94.5 cm³/mol. The third-order valence-electron chi connectivity index (χ3n) is 5.67. The first kappa shape index (κ1) is 18.6. The summed E-state index contributed by atoms with van der Waals surface area (Å²) < 4.78 is 5.54. The fraction of sp³-hybridized carbons (Fsp3) is 0.947. The largest absolute Gasteiger partial charge is 0.444 e. The highest BCUT2D eigenvalue weighted by atomic mass is 16.6. The molecule has 2 fully saturated rings. The number of carbonyl (C=O) groups excluding carboxylic acids is 1. The van der Waals surface area contributed by atoms with Crippen LogP contribution in [0.1, 0.15) is 66.2 Å². The van der Waals surface area contributed by atoms with Crippen molar-refractivity contribution in [3.8, 4) is 0 Å². The van der Waals surface area contributed by atoms with Crippen LogP contribution in [0.5, 0.6) is 0 Å². The highest BCUT2D eigenvalue weighted by molar-refractivity contribution is 5.68. The number of hydrogen-bond donors (Lipinski definition) is 1. The number of ether oxygens (including phenoxy) is 1. The van der Waals surface area contributed by atoms with Gasteiger partial charge < -0.3 is 15.0 Å². The van der Waals surface area contributed by atoms with Gasteiger partial charge in [-0.3, -0.25) is 0 Å². The maximum atomic E-state index is 12.3. The van der Waals surface area contributed by atoms with Gasteiger partial charge in [0.25, 0.3) is 0 Å². The molecule has 1 aliphatic heterocycles. The molecular formula is C19H36N2O2. The summed E-state index contributed by atoms with van der Waals surface area (Å²) in [4.78, 5) is 14.2. The molecule has 23 heavy (non-hydrogen) atoms. The Bertz CT molecular complexity index is 391. The Balaban J connectivity index is 1.96. The fourth-order valence-corrected chi connectivity index (χ4v) is 4.59. The molecule has 4 nitrogen and oxygen atoms in total. The van der Waals surface area contributed by atoms with Crippen molar-refractivity contribution in [2.45, 2.75) is 77.9 Å². The van der Waals surface area contributed by atoms with Crippen molar-refractivity contribution in [2.24, 2.45) is 17.8 Å². The minimum Gasteiger partial charge on any atom is -0.444 e. The van der Waals surface area contributed by atoms with Crippen molar-refractivity contribution in [2.75, 3.05) is 20.1 Å². The molecule has 1 amide bonds. The summed E-state index contributed by atoms with van der Waals surface area (Å²) in [7, 11) is 2.10. The van der Waals surface area contributed by atoms with Crippen LogP contribution in [0.3, 0.4) is 0 Å². The first-order valence-electron chi connectivity index (χ1n) is 9.51. The van der Waals surface area contributed by atoms with E-state index in [-0.39, 0.29) is 6.09 Å². The predicted octanol–water partition coefficient (Wildman–Crippen LogP) is 4.05. The highest BCUT2D eigenvalue weighted by Gasteiger charge is 2.39. The van der Waals surface area contributed by atoms with Gasteiger partial charge in [-0.1, -0.05) is 32.6 Å². The van der Waals surface area contributed by atoms with Gasteiger partial charge in [0.1, 0.15) is 5.60 Å². The van der Waals surface area contributed by atoms with Gasteiger partial charge in [-0.2, -0.15) is 0 Å². The molecule has 1 aliphatic carbocycles. The van der Waals surface area contributed by atoms with Crippen LogP contribution < -0.4 is 5.32 Å². The van der Waals surface area contributed by atoms with Crippen molar-refractivity contribution < 1.29 is 9.53 Å². The summed E-state index contributed by atoms with van der Waals surface area (Å²) >= 11 is 0. The molecule has 0 aromatic heterocycles. The molecule has 1 saturated heterocycles. The Labute approximate surface area is 142 Å². The maximum absolute atomic E-state index is 12.3. The third kappa shape index (κ3) is 4.85. The van der Waals surface area contributed by atoms with E-state index in [2.05, 4.69) is 19.3 Å². The van der Waals surface area contributed by atoms with Crippen molar-refractivity contribution in [1.29, 1.82) is 0 Å². The molecule has 0 aromatic rings. The van der Waals surface area contributed by atoms with Gasteiger partial charge in [0.05, 0.1) is 0 Å². The van der Waals surface area contributed by atoms with Crippen LogP contribution in [0.15, 0.2) is 0 Å². The maximum Gasteiger partial charge on any atom is 0.410 e. The summed E-state index contributed by atoms with van der Waals surface area (Å²) in [6, 6.07) is 0.535. The number of likely N-dealkylation sites (tertiary alicyclic amines) is 1. The van der Waals surface area contributed by atoms with Crippen LogP contribution in [0, 0.1) is 17.8 Å². The molecule has 4 atom stereocenters. The molecule has 1 N–H and O–H groups in total. The summed E-state index contributed by atoms with van der Waals surface area (Å²) in [5, 5.41) is 3.61. The van der Waals surface area contributed by atoms with Crippen molar-refractivity contribution >= 4 is 6.09 Å². The van der Waals surface area contributed by atoms with E-state index in [0.29, 0.717) is 12.0 Å². The van der Waals surface area contributed by atoms with E-state index in [4.69, 9.17) is 4.74 Å². The molecular weight excluding hydrogens is 288 g/mol. The van der Waals surface area contributed by atoms with Crippen LogP contribution >= 0.6 is 0 Å². The zero-order valence-corrected chi connectivity index (χ0v) is 15.7. The topological polar surface area (TPSA) is 41.6 Å². The molecule has 4 unspecified atom stereocenters. The minimum absolute atomic E-state index is 0.148. The number of nitrogens with zero attached hydrogens (tertiary/aromatic N) is 1. The van der Waals surface area contributed by atoms with Gasteiger partial charge in [-0.15, -0.1) is 0 Å². The lowest BCUT2D eigenvalue weighted by molar-refractivity contribution is 0.0279. The number of carbonyl (C=O) groups is 1. The summed E-state index contributed by atoms with van der Waals surface area (Å²) in [6.07, 6.45) is 7.70. The van der Waals surface area contributed by atoms with E-state index in [1.165, 1.54) is 32.1 Å². The lowest BCUT2D eigenvalue weighted by Crippen LogP contribution is -2.46. The van der Waals surface area contributed by atoms with Crippen LogP contribution in [-0.4, -0.2) is 42.8 Å². The van der Waals surface area contributed by atoms with Crippen LogP contribution in [0.4, 0.5) is 4.79 Å². The van der Waals surface area contributed by atoms with E-state index < -0.39 is 5.60 Å². The van der Waals surface area contributed by atoms with E-state index in [1.54, 1.807) is 0 Å². The van der Waals surface area contributed by atoms with E-state index in [9.17, 15) is 4.79 Å². The van der Waals surface area contributed by atoms with Crippen LogP contribution in [-0.2, 0) is 4.74 Å². The molecule has 2 rings (SSSR count). The molecule has 0 aromatic carbocycles. The van der Waals surface area contributed by atoms with Gasteiger partial charge in [-0.05, 0) is 58.4 Å². The SMILES string of the molecule is CCC1CCCCC1C(NC)C1CCN(C(=O)OC(C)(C)C)C1. The van der Waals surface area contributed by atoms with Gasteiger partial charge in [0, 0.05) is 19.1 Å². The van der Waals surface area contributed by atoms with Gasteiger partial charge in [0.2, 0.25) is 0 Å². The number of nitrogens with one attached hydrogen (secondary N) is 1. The van der Waals surface area contributed by atoms with Gasteiger partial charge >= 0.3 is 6.09 Å². The van der Waals surface area contributed by atoms with Gasteiger partial charge in [-0.25, -0.2) is 4.79 Å². The zero-order valence-electron chi connectivity index (χ0n) is 15.7. The van der Waals surface area contributed by atoms with Gasteiger partial charge in [0.15, 0.2) is 0 Å². The summed E-state index contributed by atoms with van der Waals surface area (Å²) in [6.45, 7) is 9.81. The Morgan fingerprint density at radius 2 is 1.96 bits per heavy atom. The molecule has 1 saturated carbocycles. The molecule has 0 bridgehead atoms. The number of hydrogen-bond acceptors (Lipinski definition) is 3. The van der Waals surface area contributed by atoms with Crippen molar-refractivity contribution in [1.82, 2.24) is 10.2 Å². The Kier molecular flexibility index (Phi) is 6.35. The highest BCUT2D eigenvalue weighted by Crippen LogP contribution is 2.38. The first-order chi connectivity index (χ1) is 10.9. The molecule has 134 valence electrons. The molecule has 0 spiro atoms. The average molecular weight is 325 g/mol. The fourth-order valence-electron chi connectivity index (χ4n) is 4.59. The Morgan fingerprint density at radius 1 is 1.26 bits per heavy atom. The van der Waals surface area contributed by atoms with Crippen LogP contribution in [0.2, 0.25) is 0 Å². The molecule has 2 aliphatic rings. The first-order valence-corrected chi connectivity index (χ1v) is 9.51. The normalized spacial score (nSPS) is 30.3. The van der Waals surface area contributed by atoms with E-state index in [1.807, 2.05) is 25.7 Å². The average Bonchev–Trinajstić information content (AvgIpc) is 2.97. The Morgan fingerprint density at radius 3 is 2.57 bits per heavy atom. The summed E-state index contributed by atoms with van der Waals surface area (Å²) in [5.41, 5.74) is -0.408. The van der Waals surface area contributed by atoms with Crippen molar-refractivity contribution in [3.63, 3.8) is 0 Å². The summed E-state index contributed by atoms with van der Waals surface area (Å²) in [5.74, 6) is 2.17. The van der Waals surface area contributed by atoms with E-state index in [0.717, 1.165) is 31.3 Å². The second kappa shape index (κ2) is 7.87. The van der Waals surface area contributed by atoms with Crippen molar-refractivity contribution in [3.05, 3.63) is 0 Å². The standard InChI is InChI=1S/C19H36N2O2/c1-6-14-9-7-8-10-16(14)17(20-5)15-11-12-21(13-15)18(22)23-19(2,3)4/h14-17,20H,6-13H2,1-5H3. The lowest BCUT2D eigenvalue weighted by Gasteiger charge is -2.39. The lowest BCUT2D eigenvalue weighted by atomic mass is 9.70. The van der Waals surface area contributed by atoms with Crippen LogP contribution in [0.25, 0.3) is 0 Å².